The molecule has 0 bridgehead atoms. The zero-order valence-corrected chi connectivity index (χ0v) is 15.1. The molecule has 0 N–H and O–H groups in total. The van der Waals surface area contributed by atoms with Gasteiger partial charge in [0.15, 0.2) is 0 Å². The number of esters is 1. The summed E-state index contributed by atoms with van der Waals surface area (Å²) in [6.45, 7) is 0. The van der Waals surface area contributed by atoms with Gasteiger partial charge in [-0.05, 0) is 34.7 Å². The highest BCUT2D eigenvalue weighted by atomic mass is 16.5. The highest BCUT2D eigenvalue weighted by Gasteiger charge is 2.18. The number of methoxy groups -OCH3 is 2. The molecule has 0 heterocycles. The van der Waals surface area contributed by atoms with Gasteiger partial charge in [-0.1, -0.05) is 66.7 Å². The molecule has 3 aromatic carbocycles. The van der Waals surface area contributed by atoms with Crippen LogP contribution in [0.4, 0.5) is 0 Å². The molecule has 0 aliphatic rings. The molecule has 26 heavy (non-hydrogen) atoms. The summed E-state index contributed by atoms with van der Waals surface area (Å²) in [5.41, 5.74) is 4.86. The normalized spacial score (nSPS) is 10.4. The van der Waals surface area contributed by atoms with Gasteiger partial charge in [-0.2, -0.15) is 0 Å². The van der Waals surface area contributed by atoms with E-state index in [-0.39, 0.29) is 5.97 Å². The lowest BCUT2D eigenvalue weighted by Gasteiger charge is -2.15. The van der Waals surface area contributed by atoms with E-state index in [0.717, 1.165) is 17.5 Å². The highest BCUT2D eigenvalue weighted by molar-refractivity contribution is 5.93. The van der Waals surface area contributed by atoms with Crippen LogP contribution in [0.25, 0.3) is 0 Å². The fourth-order valence-electron chi connectivity index (χ4n) is 3.14. The number of rotatable bonds is 6. The molecule has 0 aliphatic heterocycles. The topological polar surface area (TPSA) is 35.5 Å². The van der Waals surface area contributed by atoms with Crippen molar-refractivity contribution in [2.45, 2.75) is 12.8 Å². The van der Waals surface area contributed by atoms with Gasteiger partial charge in [0.25, 0.3) is 0 Å². The number of carbonyl (C=O) groups is 1. The molecule has 0 radical (unpaired) electrons. The molecular weight excluding hydrogens is 324 g/mol. The van der Waals surface area contributed by atoms with Crippen LogP contribution < -0.4 is 4.74 Å². The van der Waals surface area contributed by atoms with Crippen molar-refractivity contribution in [1.29, 1.82) is 0 Å². The van der Waals surface area contributed by atoms with Crippen molar-refractivity contribution in [2.75, 3.05) is 14.2 Å². The van der Waals surface area contributed by atoms with Gasteiger partial charge >= 0.3 is 5.97 Å². The van der Waals surface area contributed by atoms with E-state index in [4.69, 9.17) is 9.47 Å². The lowest BCUT2D eigenvalue weighted by molar-refractivity contribution is 0.0596. The highest BCUT2D eigenvalue weighted by Crippen LogP contribution is 2.30. The molecule has 0 spiro atoms. The molecule has 0 fully saturated rings. The summed E-state index contributed by atoms with van der Waals surface area (Å²) in [6.07, 6.45) is 1.44. The average Bonchev–Trinajstić information content (AvgIpc) is 2.68. The summed E-state index contributed by atoms with van der Waals surface area (Å²) in [4.78, 5) is 12.3. The molecule has 132 valence electrons. The minimum atomic E-state index is -0.383. The Hall–Kier alpha value is -3.07. The van der Waals surface area contributed by atoms with Crippen LogP contribution in [-0.2, 0) is 17.6 Å². The largest absolute Gasteiger partial charge is 0.496 e. The molecule has 0 aromatic heterocycles. The van der Waals surface area contributed by atoms with E-state index in [2.05, 4.69) is 30.3 Å². The summed E-state index contributed by atoms with van der Waals surface area (Å²) >= 11 is 0. The quantitative estimate of drug-likeness (QED) is 0.609. The zero-order valence-electron chi connectivity index (χ0n) is 15.1. The smallest absolute Gasteiger partial charge is 0.341 e. The van der Waals surface area contributed by atoms with Crippen molar-refractivity contribution < 1.29 is 14.3 Å². The molecule has 3 nitrogen and oxygen atoms in total. The van der Waals surface area contributed by atoms with Gasteiger partial charge in [0.2, 0.25) is 0 Å². The van der Waals surface area contributed by atoms with Crippen LogP contribution in [0.1, 0.15) is 32.6 Å². The van der Waals surface area contributed by atoms with Crippen LogP contribution in [-0.4, -0.2) is 20.2 Å². The number of benzene rings is 3. The van der Waals surface area contributed by atoms with E-state index in [1.165, 1.54) is 18.2 Å². The summed E-state index contributed by atoms with van der Waals surface area (Å²) < 4.78 is 10.5. The van der Waals surface area contributed by atoms with Gasteiger partial charge in [-0.3, -0.25) is 0 Å². The van der Waals surface area contributed by atoms with E-state index in [0.29, 0.717) is 17.7 Å². The van der Waals surface area contributed by atoms with Crippen molar-refractivity contribution >= 4 is 5.97 Å². The first-order valence-corrected chi connectivity index (χ1v) is 8.57. The predicted octanol–water partition coefficient (Wildman–Crippen LogP) is 4.66. The third-order valence-electron chi connectivity index (χ3n) is 4.32. The van der Waals surface area contributed by atoms with E-state index in [9.17, 15) is 4.79 Å². The van der Waals surface area contributed by atoms with E-state index in [1.54, 1.807) is 7.11 Å². The Kier molecular flexibility index (Phi) is 5.69. The molecule has 0 atom stereocenters. The Morgan fingerprint density at radius 1 is 0.769 bits per heavy atom. The maximum atomic E-state index is 12.3. The fraction of sp³-hybridized carbons (Fsp3) is 0.174. The molecule has 0 unspecified atom stereocenters. The zero-order chi connectivity index (χ0) is 18.4. The van der Waals surface area contributed by atoms with Crippen LogP contribution in [0.5, 0.6) is 5.75 Å². The van der Waals surface area contributed by atoms with E-state index < -0.39 is 0 Å². The molecule has 0 amide bonds. The van der Waals surface area contributed by atoms with Crippen molar-refractivity contribution in [3.8, 4) is 5.75 Å². The first kappa shape index (κ1) is 17.7. The second kappa shape index (κ2) is 8.34. The number of hydrogen-bond acceptors (Lipinski definition) is 3. The van der Waals surface area contributed by atoms with Crippen LogP contribution >= 0.6 is 0 Å². The minimum absolute atomic E-state index is 0.383. The lowest BCUT2D eigenvalue weighted by Crippen LogP contribution is -2.08. The predicted molar refractivity (Wildman–Crippen MR) is 103 cm³/mol. The van der Waals surface area contributed by atoms with Crippen LogP contribution in [0.3, 0.4) is 0 Å². The maximum absolute atomic E-state index is 12.3. The van der Waals surface area contributed by atoms with Gasteiger partial charge in [-0.15, -0.1) is 0 Å². The Morgan fingerprint density at radius 2 is 1.35 bits per heavy atom. The van der Waals surface area contributed by atoms with Crippen LogP contribution in [0.2, 0.25) is 0 Å². The summed E-state index contributed by atoms with van der Waals surface area (Å²) in [6, 6.07) is 24.3. The molecule has 0 saturated carbocycles. The molecule has 3 heteroatoms. The van der Waals surface area contributed by atoms with Crippen molar-refractivity contribution in [2.24, 2.45) is 0 Å². The standard InChI is InChI=1S/C23H22O3/c1-25-22-20(14-18-11-7-4-8-12-18)15-19(16-21(22)23(24)26-2)13-17-9-5-3-6-10-17/h3-12,15-16H,13-14H2,1-2H3. The first-order valence-electron chi connectivity index (χ1n) is 8.57. The van der Waals surface area contributed by atoms with Crippen LogP contribution in [0, 0.1) is 0 Å². The second-order valence-corrected chi connectivity index (χ2v) is 6.15. The van der Waals surface area contributed by atoms with Crippen molar-refractivity contribution in [3.05, 3.63) is 101 Å². The number of ether oxygens (including phenoxy) is 2. The van der Waals surface area contributed by atoms with Gasteiger partial charge in [0.1, 0.15) is 11.3 Å². The summed E-state index contributed by atoms with van der Waals surface area (Å²) in [7, 11) is 2.98. The van der Waals surface area contributed by atoms with E-state index >= 15 is 0 Å². The molecule has 0 saturated heterocycles. The maximum Gasteiger partial charge on any atom is 0.341 e. The van der Waals surface area contributed by atoms with Gasteiger partial charge in [0, 0.05) is 6.42 Å². The Bertz CT molecular complexity index is 871. The van der Waals surface area contributed by atoms with Gasteiger partial charge in [-0.25, -0.2) is 4.79 Å². The van der Waals surface area contributed by atoms with Gasteiger partial charge < -0.3 is 9.47 Å². The van der Waals surface area contributed by atoms with Crippen molar-refractivity contribution in [1.82, 2.24) is 0 Å². The molecule has 3 aromatic rings. The monoisotopic (exact) mass is 346 g/mol. The SMILES string of the molecule is COC(=O)c1cc(Cc2ccccc2)cc(Cc2ccccc2)c1OC. The molecule has 0 aliphatic carbocycles. The first-order chi connectivity index (χ1) is 12.7. The summed E-state index contributed by atoms with van der Waals surface area (Å²) in [5, 5.41) is 0. The number of hydrogen-bond donors (Lipinski definition) is 0. The lowest BCUT2D eigenvalue weighted by atomic mass is 9.95. The summed E-state index contributed by atoms with van der Waals surface area (Å²) in [5.74, 6) is 0.198. The van der Waals surface area contributed by atoms with Crippen LogP contribution in [0.15, 0.2) is 72.8 Å². The molecular formula is C23H22O3. The molecule has 3 rings (SSSR count). The second-order valence-electron chi connectivity index (χ2n) is 6.15. The third-order valence-corrected chi connectivity index (χ3v) is 4.32. The Morgan fingerprint density at radius 3 is 1.88 bits per heavy atom. The minimum Gasteiger partial charge on any atom is -0.496 e. The van der Waals surface area contributed by atoms with E-state index in [1.807, 2.05) is 42.5 Å². The van der Waals surface area contributed by atoms with Crippen molar-refractivity contribution in [3.63, 3.8) is 0 Å². The Balaban J connectivity index is 2.04. The average molecular weight is 346 g/mol. The Labute approximate surface area is 154 Å². The fourth-order valence-corrected chi connectivity index (χ4v) is 3.14. The third kappa shape index (κ3) is 4.12. The number of carbonyl (C=O) groups excluding carboxylic acids is 1. The van der Waals surface area contributed by atoms with Gasteiger partial charge in [0.05, 0.1) is 14.2 Å².